The largest absolute Gasteiger partial charge is 0.463 e. The van der Waals surface area contributed by atoms with Crippen molar-refractivity contribution in [2.45, 2.75) is 11.8 Å². The Morgan fingerprint density at radius 2 is 1.73 bits per heavy atom. The molecule has 0 radical (unpaired) electrons. The summed E-state index contributed by atoms with van der Waals surface area (Å²) in [5.41, 5.74) is 1.13. The molecule has 3 aromatic rings. The third kappa shape index (κ3) is 6.50. The third-order valence-electron chi connectivity index (χ3n) is 4.39. The topological polar surface area (TPSA) is 102 Å². The lowest BCUT2D eigenvalue weighted by Crippen LogP contribution is -2.16. The third-order valence-corrected chi connectivity index (χ3v) is 5.75. The molecule has 170 valence electrons. The van der Waals surface area contributed by atoms with E-state index in [-0.39, 0.29) is 22.8 Å². The SMILES string of the molecule is CCOC(=O)/C=C/c1ccc(NC(=O)c2cccc(S(=O)(=O)Nc3ccccc3F)c2)cc1. The van der Waals surface area contributed by atoms with Gasteiger partial charge in [-0.2, -0.15) is 0 Å². The van der Waals surface area contributed by atoms with E-state index in [0.717, 1.165) is 11.6 Å². The van der Waals surface area contributed by atoms with Crippen molar-refractivity contribution in [1.82, 2.24) is 0 Å². The summed E-state index contributed by atoms with van der Waals surface area (Å²) < 4.78 is 46.1. The first-order chi connectivity index (χ1) is 15.8. The van der Waals surface area contributed by atoms with Crippen LogP contribution in [0.3, 0.4) is 0 Å². The molecule has 2 N–H and O–H groups in total. The summed E-state index contributed by atoms with van der Waals surface area (Å²) in [7, 11) is -4.10. The van der Waals surface area contributed by atoms with Crippen LogP contribution < -0.4 is 10.0 Å². The van der Waals surface area contributed by atoms with Crippen molar-refractivity contribution in [2.24, 2.45) is 0 Å². The normalized spacial score (nSPS) is 11.2. The van der Waals surface area contributed by atoms with Gasteiger partial charge >= 0.3 is 5.97 Å². The molecule has 0 spiro atoms. The predicted octanol–water partition coefficient (Wildman–Crippen LogP) is 4.46. The highest BCUT2D eigenvalue weighted by atomic mass is 32.2. The smallest absolute Gasteiger partial charge is 0.330 e. The van der Waals surface area contributed by atoms with Crippen LogP contribution in [0.1, 0.15) is 22.8 Å². The van der Waals surface area contributed by atoms with Crippen molar-refractivity contribution >= 4 is 39.4 Å². The van der Waals surface area contributed by atoms with E-state index in [0.29, 0.717) is 5.69 Å². The Balaban J connectivity index is 1.71. The number of carbonyl (C=O) groups is 2. The van der Waals surface area contributed by atoms with E-state index < -0.39 is 27.7 Å². The van der Waals surface area contributed by atoms with Crippen molar-refractivity contribution in [3.63, 3.8) is 0 Å². The lowest BCUT2D eigenvalue weighted by atomic mass is 10.1. The Bertz CT molecular complexity index is 1290. The summed E-state index contributed by atoms with van der Waals surface area (Å²) in [5, 5.41) is 2.68. The van der Waals surface area contributed by atoms with Crippen LogP contribution in [0.5, 0.6) is 0 Å². The highest BCUT2D eigenvalue weighted by Gasteiger charge is 2.18. The molecule has 0 aliphatic carbocycles. The van der Waals surface area contributed by atoms with Gasteiger partial charge in [-0.05, 0) is 61.0 Å². The number of ether oxygens (including phenoxy) is 1. The van der Waals surface area contributed by atoms with E-state index in [1.807, 2.05) is 0 Å². The molecule has 0 unspecified atom stereocenters. The van der Waals surface area contributed by atoms with Gasteiger partial charge in [0.15, 0.2) is 0 Å². The average molecular weight is 469 g/mol. The second-order valence-electron chi connectivity index (χ2n) is 6.77. The van der Waals surface area contributed by atoms with Crippen LogP contribution >= 0.6 is 0 Å². The van der Waals surface area contributed by atoms with Gasteiger partial charge in [-0.3, -0.25) is 9.52 Å². The zero-order valence-corrected chi connectivity index (χ0v) is 18.4. The number of amides is 1. The number of para-hydroxylation sites is 1. The fraction of sp³-hybridized carbons (Fsp3) is 0.0833. The highest BCUT2D eigenvalue weighted by molar-refractivity contribution is 7.92. The van der Waals surface area contributed by atoms with E-state index in [4.69, 9.17) is 4.74 Å². The molecule has 0 heterocycles. The van der Waals surface area contributed by atoms with Gasteiger partial charge in [0.2, 0.25) is 0 Å². The van der Waals surface area contributed by atoms with Gasteiger partial charge < -0.3 is 10.1 Å². The Labute approximate surface area is 191 Å². The summed E-state index contributed by atoms with van der Waals surface area (Å²) >= 11 is 0. The zero-order valence-electron chi connectivity index (χ0n) is 17.6. The molecule has 0 aromatic heterocycles. The Morgan fingerprint density at radius 3 is 2.42 bits per heavy atom. The van der Waals surface area contributed by atoms with Crippen LogP contribution in [-0.4, -0.2) is 26.9 Å². The molecule has 0 fully saturated rings. The van der Waals surface area contributed by atoms with E-state index in [1.54, 1.807) is 37.3 Å². The lowest BCUT2D eigenvalue weighted by molar-refractivity contribution is -0.137. The minimum atomic E-state index is -4.10. The van der Waals surface area contributed by atoms with Gasteiger partial charge in [0, 0.05) is 17.3 Å². The molecular weight excluding hydrogens is 447 g/mol. The second-order valence-corrected chi connectivity index (χ2v) is 8.46. The molecule has 0 aliphatic heterocycles. The fourth-order valence-corrected chi connectivity index (χ4v) is 3.90. The summed E-state index contributed by atoms with van der Waals surface area (Å²) in [6.07, 6.45) is 2.89. The Morgan fingerprint density at radius 1 is 1.00 bits per heavy atom. The first-order valence-corrected chi connectivity index (χ1v) is 11.4. The highest BCUT2D eigenvalue weighted by Crippen LogP contribution is 2.20. The first kappa shape index (κ1) is 23.7. The second kappa shape index (κ2) is 10.6. The van der Waals surface area contributed by atoms with Crippen molar-refractivity contribution in [3.8, 4) is 0 Å². The van der Waals surface area contributed by atoms with E-state index in [9.17, 15) is 22.4 Å². The predicted molar refractivity (Wildman–Crippen MR) is 124 cm³/mol. The molecule has 0 aliphatic rings. The molecule has 3 rings (SSSR count). The van der Waals surface area contributed by atoms with Crippen molar-refractivity contribution in [3.05, 3.63) is 95.8 Å². The molecule has 1 amide bonds. The zero-order chi connectivity index (χ0) is 23.8. The first-order valence-electron chi connectivity index (χ1n) is 9.92. The molecular formula is C24H21FN2O5S. The van der Waals surface area contributed by atoms with Gasteiger partial charge in [0.25, 0.3) is 15.9 Å². The lowest BCUT2D eigenvalue weighted by Gasteiger charge is -2.10. The quantitative estimate of drug-likeness (QED) is 0.376. The Kier molecular flexibility index (Phi) is 7.57. The number of halogens is 1. The van der Waals surface area contributed by atoms with Crippen molar-refractivity contribution < 1.29 is 27.1 Å². The molecule has 0 bridgehead atoms. The fourth-order valence-electron chi connectivity index (χ4n) is 2.79. The van der Waals surface area contributed by atoms with E-state index in [2.05, 4.69) is 10.0 Å². The standard InChI is InChI=1S/C24H21FN2O5S/c1-2-32-23(28)15-12-17-10-13-19(14-11-17)26-24(29)18-6-5-7-20(16-18)33(30,31)27-22-9-4-3-8-21(22)25/h3-16,27H,2H2,1H3,(H,26,29)/b15-12+. The number of hydrogen-bond acceptors (Lipinski definition) is 5. The van der Waals surface area contributed by atoms with Gasteiger partial charge in [0.05, 0.1) is 17.2 Å². The van der Waals surface area contributed by atoms with Crippen LogP contribution in [0.2, 0.25) is 0 Å². The van der Waals surface area contributed by atoms with Crippen molar-refractivity contribution in [2.75, 3.05) is 16.6 Å². The molecule has 33 heavy (non-hydrogen) atoms. The van der Waals surface area contributed by atoms with Gasteiger partial charge in [-0.1, -0.05) is 30.3 Å². The molecule has 0 saturated carbocycles. The molecule has 9 heteroatoms. The van der Waals surface area contributed by atoms with E-state index in [1.165, 1.54) is 48.5 Å². The number of carbonyl (C=O) groups excluding carboxylic acids is 2. The molecule has 7 nitrogen and oxygen atoms in total. The molecule has 0 atom stereocenters. The van der Waals surface area contributed by atoms with Crippen LogP contribution in [0.25, 0.3) is 6.08 Å². The summed E-state index contributed by atoms with van der Waals surface area (Å²) in [6.45, 7) is 2.00. The molecule has 0 saturated heterocycles. The van der Waals surface area contributed by atoms with Crippen LogP contribution in [0, 0.1) is 5.82 Å². The maximum atomic E-state index is 13.8. The summed E-state index contributed by atoms with van der Waals surface area (Å²) in [5.74, 6) is -1.68. The number of anilines is 2. The maximum absolute atomic E-state index is 13.8. The minimum absolute atomic E-state index is 0.109. The summed E-state index contributed by atoms with van der Waals surface area (Å²) in [4.78, 5) is 23.8. The molecule has 3 aromatic carbocycles. The Hall–Kier alpha value is -3.98. The van der Waals surface area contributed by atoms with Crippen LogP contribution in [0.4, 0.5) is 15.8 Å². The van der Waals surface area contributed by atoms with Crippen molar-refractivity contribution in [1.29, 1.82) is 0 Å². The van der Waals surface area contributed by atoms with E-state index >= 15 is 0 Å². The van der Waals surface area contributed by atoms with Gasteiger partial charge in [-0.15, -0.1) is 0 Å². The summed E-state index contributed by atoms with van der Waals surface area (Å²) in [6, 6.07) is 17.5. The number of hydrogen-bond donors (Lipinski definition) is 2. The monoisotopic (exact) mass is 468 g/mol. The maximum Gasteiger partial charge on any atom is 0.330 e. The van der Waals surface area contributed by atoms with Crippen LogP contribution in [-0.2, 0) is 19.6 Å². The number of esters is 1. The minimum Gasteiger partial charge on any atom is -0.463 e. The van der Waals surface area contributed by atoms with Crippen LogP contribution in [0.15, 0.2) is 83.8 Å². The number of sulfonamides is 1. The number of benzene rings is 3. The van der Waals surface area contributed by atoms with Gasteiger partial charge in [-0.25, -0.2) is 17.6 Å². The number of nitrogens with one attached hydrogen (secondary N) is 2. The van der Waals surface area contributed by atoms with Gasteiger partial charge in [0.1, 0.15) is 5.82 Å². The number of rotatable bonds is 8. The average Bonchev–Trinajstić information content (AvgIpc) is 2.80.